The molecule has 0 fully saturated rings. The molecule has 0 aliphatic rings. The first-order valence-corrected chi connectivity index (χ1v) is 11.2. The van der Waals surface area contributed by atoms with E-state index in [2.05, 4.69) is 39.3 Å². The van der Waals surface area contributed by atoms with Gasteiger partial charge < -0.3 is 9.64 Å². The van der Waals surface area contributed by atoms with Crippen LogP contribution in [0.1, 0.15) is 30.9 Å². The quantitative estimate of drug-likeness (QED) is 0.395. The van der Waals surface area contributed by atoms with Gasteiger partial charge in [-0.1, -0.05) is 49.4 Å². The molecule has 0 bridgehead atoms. The number of unbranched alkanes of at least 4 members (excludes halogenated alkanes) is 1. The molecule has 1 amide bonds. The second-order valence-electron chi connectivity index (χ2n) is 7.20. The molecule has 1 heterocycles. The Morgan fingerprint density at radius 3 is 2.47 bits per heavy atom. The minimum atomic E-state index is -2.86. The number of hydrogen-bond acceptors (Lipinski definition) is 6. The second-order valence-corrected chi connectivity index (χ2v) is 8.15. The highest BCUT2D eigenvalue weighted by Gasteiger charge is 2.15. The van der Waals surface area contributed by atoms with E-state index < -0.39 is 6.61 Å². The predicted molar refractivity (Wildman–Crippen MR) is 118 cm³/mol. The van der Waals surface area contributed by atoms with Crippen LogP contribution in [0.2, 0.25) is 0 Å². The summed E-state index contributed by atoms with van der Waals surface area (Å²) < 4.78 is 30.4. The van der Waals surface area contributed by atoms with Gasteiger partial charge in [-0.25, -0.2) is 0 Å². The predicted octanol–water partition coefficient (Wildman–Crippen LogP) is 4.36. The largest absolute Gasteiger partial charge is 0.435 e. The Kier molecular flexibility index (Phi) is 8.55. The van der Waals surface area contributed by atoms with Crippen LogP contribution in [0.3, 0.4) is 0 Å². The van der Waals surface area contributed by atoms with Crippen LogP contribution in [0.15, 0.2) is 53.7 Å². The molecule has 0 saturated heterocycles. The van der Waals surface area contributed by atoms with E-state index in [0.29, 0.717) is 11.7 Å². The molecule has 7 nitrogen and oxygen atoms in total. The zero-order valence-corrected chi connectivity index (χ0v) is 18.8. The van der Waals surface area contributed by atoms with Gasteiger partial charge in [0.15, 0.2) is 0 Å². The number of rotatable bonds is 11. The van der Waals surface area contributed by atoms with Crippen LogP contribution in [0.4, 0.5) is 8.78 Å². The maximum Gasteiger partial charge on any atom is 0.387 e. The number of hydrogen-bond donors (Lipinski definition) is 0. The van der Waals surface area contributed by atoms with Crippen molar-refractivity contribution >= 4 is 17.7 Å². The molecule has 0 atom stereocenters. The number of benzene rings is 2. The van der Waals surface area contributed by atoms with E-state index in [1.54, 1.807) is 28.8 Å². The third kappa shape index (κ3) is 6.74. The number of amides is 1. The summed E-state index contributed by atoms with van der Waals surface area (Å²) in [6.07, 6.45) is 3.34. The SMILES string of the molecule is CCCCc1ccc(-n2nnnc2SCC(=O)N(C)Cc2ccc(OC(F)F)cc2)cc1. The summed E-state index contributed by atoms with van der Waals surface area (Å²) in [5.41, 5.74) is 2.91. The van der Waals surface area contributed by atoms with Crippen molar-refractivity contribution in [2.45, 2.75) is 44.5 Å². The molecule has 0 radical (unpaired) electrons. The van der Waals surface area contributed by atoms with Gasteiger partial charge in [0, 0.05) is 13.6 Å². The average molecular weight is 462 g/mol. The van der Waals surface area contributed by atoms with Gasteiger partial charge in [0.25, 0.3) is 0 Å². The summed E-state index contributed by atoms with van der Waals surface area (Å²) in [4.78, 5) is 14.1. The molecule has 0 aliphatic carbocycles. The molecule has 0 unspecified atom stereocenters. The van der Waals surface area contributed by atoms with Crippen LogP contribution < -0.4 is 4.74 Å². The van der Waals surface area contributed by atoms with Gasteiger partial charge in [0.2, 0.25) is 11.1 Å². The zero-order valence-electron chi connectivity index (χ0n) is 17.9. The number of carbonyl (C=O) groups is 1. The lowest BCUT2D eigenvalue weighted by molar-refractivity contribution is -0.127. The Morgan fingerprint density at radius 2 is 1.81 bits per heavy atom. The lowest BCUT2D eigenvalue weighted by Gasteiger charge is -2.17. The van der Waals surface area contributed by atoms with E-state index in [0.717, 1.165) is 30.5 Å². The van der Waals surface area contributed by atoms with Crippen LogP contribution in [0, 0.1) is 0 Å². The zero-order chi connectivity index (χ0) is 22.9. The fourth-order valence-corrected chi connectivity index (χ4v) is 3.82. The number of nitrogens with zero attached hydrogens (tertiary/aromatic N) is 5. The Bertz CT molecular complexity index is 996. The summed E-state index contributed by atoms with van der Waals surface area (Å²) in [5.74, 6) is 0.142. The Morgan fingerprint density at radius 1 is 1.12 bits per heavy atom. The van der Waals surface area contributed by atoms with Gasteiger partial charge in [-0.05, 0) is 58.7 Å². The van der Waals surface area contributed by atoms with Crippen LogP contribution >= 0.6 is 11.8 Å². The lowest BCUT2D eigenvalue weighted by atomic mass is 10.1. The van der Waals surface area contributed by atoms with Crippen molar-refractivity contribution in [3.05, 3.63) is 59.7 Å². The Labute approximate surface area is 189 Å². The maximum absolute atomic E-state index is 12.6. The number of aryl methyl sites for hydroxylation is 1. The third-order valence-corrected chi connectivity index (χ3v) is 5.66. The molecule has 0 aliphatic heterocycles. The lowest BCUT2D eigenvalue weighted by Crippen LogP contribution is -2.27. The Hall–Kier alpha value is -3.01. The van der Waals surface area contributed by atoms with Crippen molar-refractivity contribution in [3.8, 4) is 11.4 Å². The summed E-state index contributed by atoms with van der Waals surface area (Å²) in [7, 11) is 1.68. The molecular formula is C22H25F2N5O2S. The van der Waals surface area contributed by atoms with Gasteiger partial charge in [0.1, 0.15) is 5.75 Å². The number of alkyl halides is 2. The van der Waals surface area contributed by atoms with Gasteiger partial charge >= 0.3 is 6.61 Å². The minimum Gasteiger partial charge on any atom is -0.435 e. The molecule has 0 spiro atoms. The number of halogens is 2. The van der Waals surface area contributed by atoms with E-state index in [-0.39, 0.29) is 17.4 Å². The number of thioether (sulfide) groups is 1. The van der Waals surface area contributed by atoms with E-state index in [4.69, 9.17) is 0 Å². The van der Waals surface area contributed by atoms with Crippen LogP contribution in [-0.4, -0.2) is 50.4 Å². The third-order valence-electron chi connectivity index (χ3n) is 4.76. The highest BCUT2D eigenvalue weighted by molar-refractivity contribution is 7.99. The monoisotopic (exact) mass is 461 g/mol. The van der Waals surface area contributed by atoms with Crippen molar-refractivity contribution in [2.24, 2.45) is 0 Å². The smallest absolute Gasteiger partial charge is 0.387 e. The molecule has 10 heteroatoms. The molecule has 3 rings (SSSR count). The van der Waals surface area contributed by atoms with Crippen LogP contribution in [0.5, 0.6) is 5.75 Å². The molecule has 2 aromatic carbocycles. The van der Waals surface area contributed by atoms with Crippen LogP contribution in [-0.2, 0) is 17.8 Å². The summed E-state index contributed by atoms with van der Waals surface area (Å²) in [6, 6.07) is 14.3. The van der Waals surface area contributed by atoms with E-state index in [9.17, 15) is 13.6 Å². The van der Waals surface area contributed by atoms with Crippen LogP contribution in [0.25, 0.3) is 5.69 Å². The molecule has 32 heavy (non-hydrogen) atoms. The number of aromatic nitrogens is 4. The topological polar surface area (TPSA) is 73.1 Å². The fourth-order valence-electron chi connectivity index (χ4n) is 2.99. The normalized spacial score (nSPS) is 11.0. The van der Waals surface area contributed by atoms with E-state index in [1.807, 2.05) is 12.1 Å². The standard InChI is InChI=1S/C22H25F2N5O2S/c1-3-4-5-16-6-10-18(11-7-16)29-22(25-26-27-29)32-15-20(30)28(2)14-17-8-12-19(13-9-17)31-21(23)24/h6-13,21H,3-5,14-15H2,1-2H3. The molecule has 0 N–H and O–H groups in total. The van der Waals surface area contributed by atoms with Crippen molar-refractivity contribution in [1.29, 1.82) is 0 Å². The van der Waals surface area contributed by atoms with Crippen molar-refractivity contribution in [3.63, 3.8) is 0 Å². The minimum absolute atomic E-state index is 0.0820. The summed E-state index contributed by atoms with van der Waals surface area (Å²) in [6.45, 7) is -0.352. The van der Waals surface area contributed by atoms with Crippen molar-refractivity contribution in [2.75, 3.05) is 12.8 Å². The highest BCUT2D eigenvalue weighted by atomic mass is 32.2. The number of tetrazole rings is 1. The molecule has 1 aromatic heterocycles. The number of carbonyl (C=O) groups excluding carboxylic acids is 1. The average Bonchev–Trinajstić information content (AvgIpc) is 3.26. The van der Waals surface area contributed by atoms with Gasteiger partial charge in [0.05, 0.1) is 11.4 Å². The van der Waals surface area contributed by atoms with Crippen molar-refractivity contribution < 1.29 is 18.3 Å². The highest BCUT2D eigenvalue weighted by Crippen LogP contribution is 2.20. The fraction of sp³-hybridized carbons (Fsp3) is 0.364. The molecule has 0 saturated carbocycles. The van der Waals surface area contributed by atoms with Gasteiger partial charge in [-0.3, -0.25) is 4.79 Å². The van der Waals surface area contributed by atoms with Crippen molar-refractivity contribution in [1.82, 2.24) is 25.1 Å². The van der Waals surface area contributed by atoms with E-state index in [1.165, 1.54) is 29.5 Å². The molecule has 3 aromatic rings. The second kappa shape index (κ2) is 11.6. The van der Waals surface area contributed by atoms with E-state index >= 15 is 0 Å². The van der Waals surface area contributed by atoms with Gasteiger partial charge in [-0.15, -0.1) is 5.10 Å². The maximum atomic E-state index is 12.6. The first-order chi connectivity index (χ1) is 15.5. The Balaban J connectivity index is 1.54. The molecule has 170 valence electrons. The number of ether oxygens (including phenoxy) is 1. The summed E-state index contributed by atoms with van der Waals surface area (Å²) in [5, 5.41) is 12.3. The first-order valence-electron chi connectivity index (χ1n) is 10.2. The van der Waals surface area contributed by atoms with Gasteiger partial charge in [-0.2, -0.15) is 13.5 Å². The first kappa shape index (κ1) is 23.6. The molecular weight excluding hydrogens is 436 g/mol. The summed E-state index contributed by atoms with van der Waals surface area (Å²) >= 11 is 1.26.